The largest absolute Gasteiger partial charge is 0.350 e. The Hall–Kier alpha value is -2.86. The van der Waals surface area contributed by atoms with Crippen LogP contribution in [0.3, 0.4) is 0 Å². The van der Waals surface area contributed by atoms with Crippen molar-refractivity contribution < 1.29 is 14.4 Å². The molecule has 0 spiro atoms. The SMILES string of the molecule is CC(=O)Nc1cccc(N(CCNC(=O)c2ccccc2Cl)C(C)=O)c1. The van der Waals surface area contributed by atoms with Crippen molar-refractivity contribution in [2.45, 2.75) is 13.8 Å². The van der Waals surface area contributed by atoms with Gasteiger partial charge in [0.1, 0.15) is 0 Å². The standard InChI is InChI=1S/C19H20ClN3O3/c1-13(24)22-15-6-5-7-16(12-15)23(14(2)25)11-10-21-19(26)17-8-3-4-9-18(17)20/h3-9,12H,10-11H2,1-2H3,(H,21,26)(H,22,24). The lowest BCUT2D eigenvalue weighted by molar-refractivity contribution is -0.116. The van der Waals surface area contributed by atoms with Gasteiger partial charge in [0, 0.05) is 38.3 Å². The molecule has 0 saturated heterocycles. The third-order valence-electron chi connectivity index (χ3n) is 3.60. The maximum Gasteiger partial charge on any atom is 0.252 e. The molecule has 2 aromatic rings. The summed E-state index contributed by atoms with van der Waals surface area (Å²) in [6.07, 6.45) is 0. The number of amides is 3. The van der Waals surface area contributed by atoms with Gasteiger partial charge in [-0.1, -0.05) is 29.8 Å². The summed E-state index contributed by atoms with van der Waals surface area (Å²) in [5.41, 5.74) is 1.62. The van der Waals surface area contributed by atoms with Crippen LogP contribution in [0.25, 0.3) is 0 Å². The summed E-state index contributed by atoms with van der Waals surface area (Å²) in [5, 5.41) is 5.81. The number of nitrogens with one attached hydrogen (secondary N) is 2. The smallest absolute Gasteiger partial charge is 0.252 e. The summed E-state index contributed by atoms with van der Waals surface area (Å²) >= 11 is 6.01. The first-order valence-corrected chi connectivity index (χ1v) is 8.45. The molecular weight excluding hydrogens is 354 g/mol. The quantitative estimate of drug-likeness (QED) is 0.816. The van der Waals surface area contributed by atoms with Gasteiger partial charge in [-0.05, 0) is 30.3 Å². The fourth-order valence-corrected chi connectivity index (χ4v) is 2.67. The minimum atomic E-state index is -0.300. The summed E-state index contributed by atoms with van der Waals surface area (Å²) < 4.78 is 0. The molecule has 0 aliphatic heterocycles. The Morgan fingerprint density at radius 1 is 1.04 bits per heavy atom. The van der Waals surface area contributed by atoms with Crippen molar-refractivity contribution in [3.63, 3.8) is 0 Å². The lowest BCUT2D eigenvalue weighted by atomic mass is 10.2. The summed E-state index contributed by atoms with van der Waals surface area (Å²) in [6, 6.07) is 13.7. The lowest BCUT2D eigenvalue weighted by Gasteiger charge is -2.22. The Balaban J connectivity index is 2.03. The Labute approximate surface area is 157 Å². The van der Waals surface area contributed by atoms with Crippen LogP contribution in [-0.2, 0) is 9.59 Å². The van der Waals surface area contributed by atoms with Gasteiger partial charge >= 0.3 is 0 Å². The molecule has 0 aromatic heterocycles. The van der Waals surface area contributed by atoms with Crippen LogP contribution >= 0.6 is 11.6 Å². The first-order valence-electron chi connectivity index (χ1n) is 8.07. The molecule has 6 nitrogen and oxygen atoms in total. The minimum Gasteiger partial charge on any atom is -0.350 e. The molecule has 2 N–H and O–H groups in total. The normalized spacial score (nSPS) is 10.1. The van der Waals surface area contributed by atoms with Gasteiger partial charge in [-0.25, -0.2) is 0 Å². The third kappa shape index (κ3) is 5.32. The Kier molecular flexibility index (Phi) is 6.74. The van der Waals surface area contributed by atoms with Crippen molar-refractivity contribution in [2.24, 2.45) is 0 Å². The van der Waals surface area contributed by atoms with Crippen LogP contribution in [-0.4, -0.2) is 30.8 Å². The van der Waals surface area contributed by atoms with E-state index in [1.807, 2.05) is 0 Å². The third-order valence-corrected chi connectivity index (χ3v) is 3.93. The molecule has 7 heteroatoms. The zero-order valence-corrected chi connectivity index (χ0v) is 15.3. The van der Waals surface area contributed by atoms with Gasteiger partial charge in [0.25, 0.3) is 5.91 Å². The molecule has 0 heterocycles. The second-order valence-corrected chi connectivity index (χ2v) is 6.05. The maximum atomic E-state index is 12.2. The molecule has 2 rings (SSSR count). The highest BCUT2D eigenvalue weighted by molar-refractivity contribution is 6.33. The number of nitrogens with zero attached hydrogens (tertiary/aromatic N) is 1. The van der Waals surface area contributed by atoms with Crippen molar-refractivity contribution in [3.8, 4) is 0 Å². The van der Waals surface area contributed by atoms with Crippen molar-refractivity contribution in [3.05, 3.63) is 59.1 Å². The fraction of sp³-hybridized carbons (Fsp3) is 0.211. The van der Waals surface area contributed by atoms with Crippen LogP contribution in [0.5, 0.6) is 0 Å². The fourth-order valence-electron chi connectivity index (χ4n) is 2.44. The van der Waals surface area contributed by atoms with Gasteiger partial charge < -0.3 is 15.5 Å². The lowest BCUT2D eigenvalue weighted by Crippen LogP contribution is -2.37. The molecule has 0 aliphatic rings. The van der Waals surface area contributed by atoms with Crippen LogP contribution < -0.4 is 15.5 Å². The number of carbonyl (C=O) groups is 3. The van der Waals surface area contributed by atoms with E-state index in [9.17, 15) is 14.4 Å². The maximum absolute atomic E-state index is 12.2. The van der Waals surface area contributed by atoms with E-state index in [0.29, 0.717) is 22.0 Å². The number of carbonyl (C=O) groups excluding carboxylic acids is 3. The van der Waals surface area contributed by atoms with Crippen molar-refractivity contribution >= 4 is 40.7 Å². The van der Waals surface area contributed by atoms with E-state index < -0.39 is 0 Å². The summed E-state index contributed by atoms with van der Waals surface area (Å²) in [5.74, 6) is -0.661. The molecule has 3 amide bonds. The molecule has 0 unspecified atom stereocenters. The van der Waals surface area contributed by atoms with Gasteiger partial charge in [-0.15, -0.1) is 0 Å². The van der Waals surface area contributed by atoms with E-state index in [1.54, 1.807) is 48.5 Å². The predicted molar refractivity (Wildman–Crippen MR) is 103 cm³/mol. The molecule has 0 aliphatic carbocycles. The van der Waals surface area contributed by atoms with E-state index >= 15 is 0 Å². The predicted octanol–water partition coefficient (Wildman–Crippen LogP) is 3.08. The molecule has 0 fully saturated rings. The molecule has 0 radical (unpaired) electrons. The second-order valence-electron chi connectivity index (χ2n) is 5.64. The van der Waals surface area contributed by atoms with Crippen LogP contribution in [0.4, 0.5) is 11.4 Å². The number of hydrogen-bond donors (Lipinski definition) is 2. The highest BCUT2D eigenvalue weighted by atomic mass is 35.5. The first kappa shape index (κ1) is 19.5. The van der Waals surface area contributed by atoms with Crippen LogP contribution in [0, 0.1) is 0 Å². The van der Waals surface area contributed by atoms with Gasteiger partial charge in [-0.3, -0.25) is 14.4 Å². The zero-order chi connectivity index (χ0) is 19.1. The molecule has 136 valence electrons. The van der Waals surface area contributed by atoms with Crippen molar-refractivity contribution in [2.75, 3.05) is 23.3 Å². The van der Waals surface area contributed by atoms with E-state index in [4.69, 9.17) is 11.6 Å². The van der Waals surface area contributed by atoms with Gasteiger partial charge in [0.05, 0.1) is 10.6 Å². The first-order chi connectivity index (χ1) is 12.4. The van der Waals surface area contributed by atoms with Crippen LogP contribution in [0.2, 0.25) is 5.02 Å². The second kappa shape index (κ2) is 9.01. The minimum absolute atomic E-state index is 0.169. The summed E-state index contributed by atoms with van der Waals surface area (Å²) in [7, 11) is 0. The molecular formula is C19H20ClN3O3. The van der Waals surface area contributed by atoms with E-state index in [1.165, 1.54) is 18.7 Å². The van der Waals surface area contributed by atoms with Gasteiger partial charge in [0.2, 0.25) is 11.8 Å². The molecule has 0 saturated carbocycles. The number of rotatable bonds is 6. The summed E-state index contributed by atoms with van der Waals surface area (Å²) in [4.78, 5) is 36.9. The number of hydrogen-bond acceptors (Lipinski definition) is 3. The average molecular weight is 374 g/mol. The monoisotopic (exact) mass is 373 g/mol. The number of halogens is 1. The highest BCUT2D eigenvalue weighted by Crippen LogP contribution is 2.20. The number of benzene rings is 2. The van der Waals surface area contributed by atoms with Crippen molar-refractivity contribution in [1.29, 1.82) is 0 Å². The topological polar surface area (TPSA) is 78.5 Å². The van der Waals surface area contributed by atoms with Crippen LogP contribution in [0.15, 0.2) is 48.5 Å². The highest BCUT2D eigenvalue weighted by Gasteiger charge is 2.14. The molecule has 0 atom stereocenters. The number of anilines is 2. The Morgan fingerprint density at radius 3 is 2.42 bits per heavy atom. The van der Waals surface area contributed by atoms with Crippen molar-refractivity contribution in [1.82, 2.24) is 5.32 Å². The molecule has 2 aromatic carbocycles. The Morgan fingerprint density at radius 2 is 1.77 bits per heavy atom. The van der Waals surface area contributed by atoms with E-state index in [-0.39, 0.29) is 30.8 Å². The van der Waals surface area contributed by atoms with Gasteiger partial charge in [-0.2, -0.15) is 0 Å². The van der Waals surface area contributed by atoms with E-state index in [0.717, 1.165) is 0 Å². The van der Waals surface area contributed by atoms with Gasteiger partial charge in [0.15, 0.2) is 0 Å². The summed E-state index contributed by atoms with van der Waals surface area (Å²) in [6.45, 7) is 3.41. The van der Waals surface area contributed by atoms with E-state index in [2.05, 4.69) is 10.6 Å². The molecule has 0 bridgehead atoms. The van der Waals surface area contributed by atoms with Crippen LogP contribution in [0.1, 0.15) is 24.2 Å². The Bertz CT molecular complexity index is 823. The molecule has 26 heavy (non-hydrogen) atoms. The zero-order valence-electron chi connectivity index (χ0n) is 14.6. The average Bonchev–Trinajstić information content (AvgIpc) is 2.58.